The van der Waals surface area contributed by atoms with E-state index < -0.39 is 0 Å². The molecule has 3 aromatic carbocycles. The van der Waals surface area contributed by atoms with Crippen molar-refractivity contribution in [2.45, 2.75) is 6.54 Å². The van der Waals surface area contributed by atoms with Crippen LogP contribution in [0.4, 0.5) is 5.69 Å². The Balaban J connectivity index is 1.56. The molecule has 0 N–H and O–H groups in total. The number of nitrogens with zero attached hydrogens (tertiary/aromatic N) is 2. The lowest BCUT2D eigenvalue weighted by molar-refractivity contribution is 0.414. The molecule has 0 amide bonds. The number of hydrogen-bond acceptors (Lipinski definition) is 4. The van der Waals surface area contributed by atoms with E-state index in [9.17, 15) is 0 Å². The van der Waals surface area contributed by atoms with Crippen LogP contribution in [0.25, 0.3) is 0 Å². The number of hydrogen-bond donors (Lipinski definition) is 0. The lowest BCUT2D eigenvalue weighted by Gasteiger charge is -2.00. The smallest absolute Gasteiger partial charge is 0.118 e. The van der Waals surface area contributed by atoms with Gasteiger partial charge in [-0.25, -0.2) is 0 Å². The van der Waals surface area contributed by atoms with Gasteiger partial charge in [-0.05, 0) is 77.4 Å². The summed E-state index contributed by atoms with van der Waals surface area (Å²) in [5.41, 5.74) is 4.14. The highest BCUT2D eigenvalue weighted by Crippen LogP contribution is 2.15. The van der Waals surface area contributed by atoms with Crippen molar-refractivity contribution < 1.29 is 9.47 Å². The summed E-state index contributed by atoms with van der Waals surface area (Å²) < 4.78 is 10.3. The molecule has 0 aliphatic rings. The lowest BCUT2D eigenvalue weighted by Crippen LogP contribution is -1.86. The molecule has 0 unspecified atom stereocenters. The molecule has 0 heterocycles. The Kier molecular flexibility index (Phi) is 6.36. The van der Waals surface area contributed by atoms with Gasteiger partial charge in [0.1, 0.15) is 11.5 Å². The maximum atomic E-state index is 5.15. The zero-order valence-electron chi connectivity index (χ0n) is 15.5. The molecule has 136 valence electrons. The first-order valence-corrected chi connectivity index (χ1v) is 8.68. The van der Waals surface area contributed by atoms with Gasteiger partial charge in [0, 0.05) is 12.4 Å². The fraction of sp³-hybridized carbons (Fsp3) is 0.130. The van der Waals surface area contributed by atoms with Crippen molar-refractivity contribution in [3.63, 3.8) is 0 Å². The summed E-state index contributed by atoms with van der Waals surface area (Å²) in [6, 6.07) is 23.7. The third-order valence-corrected chi connectivity index (χ3v) is 4.04. The number of benzene rings is 3. The van der Waals surface area contributed by atoms with E-state index >= 15 is 0 Å². The summed E-state index contributed by atoms with van der Waals surface area (Å²) in [5, 5.41) is 0. The van der Waals surface area contributed by atoms with Crippen molar-refractivity contribution >= 4 is 18.1 Å². The van der Waals surface area contributed by atoms with Gasteiger partial charge in [0.15, 0.2) is 0 Å². The van der Waals surface area contributed by atoms with Gasteiger partial charge in [0.25, 0.3) is 0 Å². The average Bonchev–Trinajstić information content (AvgIpc) is 2.74. The highest BCUT2D eigenvalue weighted by atomic mass is 16.5. The van der Waals surface area contributed by atoms with Gasteiger partial charge in [-0.2, -0.15) is 0 Å². The van der Waals surface area contributed by atoms with E-state index in [0.29, 0.717) is 6.54 Å². The molecule has 4 heteroatoms. The molecule has 0 atom stereocenters. The zero-order valence-corrected chi connectivity index (χ0v) is 15.5. The Morgan fingerprint density at radius 1 is 0.667 bits per heavy atom. The SMILES string of the molecule is COc1ccc(/C=N/Cc2ccc(/N=C/c3ccc(OC)cc3)cc2)cc1. The highest BCUT2D eigenvalue weighted by molar-refractivity contribution is 5.82. The third kappa shape index (κ3) is 5.54. The van der Waals surface area contributed by atoms with E-state index in [1.807, 2.05) is 85.2 Å². The summed E-state index contributed by atoms with van der Waals surface area (Å²) >= 11 is 0. The largest absolute Gasteiger partial charge is 0.497 e. The average molecular weight is 358 g/mol. The molecule has 4 nitrogen and oxygen atoms in total. The van der Waals surface area contributed by atoms with Crippen LogP contribution in [0.3, 0.4) is 0 Å². The predicted octanol–water partition coefficient (Wildman–Crippen LogP) is 5.07. The first kappa shape index (κ1) is 18.4. The summed E-state index contributed by atoms with van der Waals surface area (Å²) in [4.78, 5) is 8.99. The maximum absolute atomic E-state index is 5.15. The van der Waals surface area contributed by atoms with Crippen LogP contribution in [0.5, 0.6) is 11.5 Å². The molecule has 0 aliphatic carbocycles. The van der Waals surface area contributed by atoms with Gasteiger partial charge in [0.05, 0.1) is 26.5 Å². The summed E-state index contributed by atoms with van der Waals surface area (Å²) in [6.45, 7) is 0.633. The number of aliphatic imine (C=N–C) groups is 2. The minimum Gasteiger partial charge on any atom is -0.497 e. The van der Waals surface area contributed by atoms with Crippen LogP contribution >= 0.6 is 0 Å². The molecule has 0 fully saturated rings. The van der Waals surface area contributed by atoms with E-state index in [0.717, 1.165) is 33.9 Å². The summed E-state index contributed by atoms with van der Waals surface area (Å²) in [6.07, 6.45) is 3.71. The normalized spacial score (nSPS) is 11.2. The molecular formula is C23H22N2O2. The van der Waals surface area contributed by atoms with E-state index in [1.54, 1.807) is 14.2 Å². The van der Waals surface area contributed by atoms with Crippen molar-refractivity contribution in [3.8, 4) is 11.5 Å². The van der Waals surface area contributed by atoms with Crippen LogP contribution in [0.1, 0.15) is 16.7 Å². The number of methoxy groups -OCH3 is 2. The van der Waals surface area contributed by atoms with Crippen molar-refractivity contribution in [2.24, 2.45) is 9.98 Å². The summed E-state index contributed by atoms with van der Waals surface area (Å²) in [5.74, 6) is 1.68. The topological polar surface area (TPSA) is 43.2 Å². The molecule has 0 spiro atoms. The molecular weight excluding hydrogens is 336 g/mol. The van der Waals surface area contributed by atoms with Crippen LogP contribution in [-0.2, 0) is 6.54 Å². The Morgan fingerprint density at radius 2 is 1.19 bits per heavy atom. The zero-order chi connectivity index (χ0) is 18.9. The van der Waals surface area contributed by atoms with Gasteiger partial charge in [-0.15, -0.1) is 0 Å². The molecule has 0 bridgehead atoms. The van der Waals surface area contributed by atoms with Gasteiger partial charge < -0.3 is 9.47 Å². The monoisotopic (exact) mass is 358 g/mol. The Hall–Kier alpha value is -3.40. The predicted molar refractivity (Wildman–Crippen MR) is 111 cm³/mol. The van der Waals surface area contributed by atoms with Crippen molar-refractivity contribution in [2.75, 3.05) is 14.2 Å². The maximum Gasteiger partial charge on any atom is 0.118 e. The molecule has 0 aliphatic heterocycles. The van der Waals surface area contributed by atoms with E-state index in [-0.39, 0.29) is 0 Å². The van der Waals surface area contributed by atoms with Crippen molar-refractivity contribution in [1.82, 2.24) is 0 Å². The molecule has 3 aromatic rings. The molecule has 0 aromatic heterocycles. The first-order chi connectivity index (χ1) is 13.3. The van der Waals surface area contributed by atoms with Gasteiger partial charge in [-0.1, -0.05) is 12.1 Å². The van der Waals surface area contributed by atoms with E-state index in [1.165, 1.54) is 0 Å². The Bertz CT molecular complexity index is 897. The minimum atomic E-state index is 0.633. The standard InChI is InChI=1S/C23H22N2O2/c1-26-22-11-5-19(6-12-22)16-24-15-18-3-9-21(10-4-18)25-17-20-7-13-23(27-2)14-8-20/h3-14,16-17H,15H2,1-2H3/b24-16+,25-17+. The quantitative estimate of drug-likeness (QED) is 0.553. The minimum absolute atomic E-state index is 0.633. The lowest BCUT2D eigenvalue weighted by atomic mass is 10.2. The third-order valence-electron chi connectivity index (χ3n) is 4.04. The van der Waals surface area contributed by atoms with Gasteiger partial charge >= 0.3 is 0 Å². The molecule has 3 rings (SSSR count). The fourth-order valence-corrected chi connectivity index (χ4v) is 2.47. The second-order valence-electron chi connectivity index (χ2n) is 5.94. The van der Waals surface area contributed by atoms with Gasteiger partial charge in [-0.3, -0.25) is 9.98 Å². The number of ether oxygens (including phenoxy) is 2. The van der Waals surface area contributed by atoms with Crippen LogP contribution in [0.15, 0.2) is 82.8 Å². The molecule has 0 saturated carbocycles. The van der Waals surface area contributed by atoms with Gasteiger partial charge in [0.2, 0.25) is 0 Å². The van der Waals surface area contributed by atoms with Crippen molar-refractivity contribution in [3.05, 3.63) is 89.5 Å². The Morgan fingerprint density at radius 3 is 1.70 bits per heavy atom. The van der Waals surface area contributed by atoms with Crippen LogP contribution in [-0.4, -0.2) is 26.6 Å². The molecule has 27 heavy (non-hydrogen) atoms. The fourth-order valence-electron chi connectivity index (χ4n) is 2.47. The van der Waals surface area contributed by atoms with E-state index in [2.05, 4.69) is 9.98 Å². The molecule has 0 radical (unpaired) electrons. The Labute approximate surface area is 159 Å². The second kappa shape index (κ2) is 9.34. The summed E-state index contributed by atoms with van der Waals surface area (Å²) in [7, 11) is 3.32. The molecule has 0 saturated heterocycles. The van der Waals surface area contributed by atoms with Crippen LogP contribution in [0, 0.1) is 0 Å². The number of rotatable bonds is 7. The van der Waals surface area contributed by atoms with Crippen molar-refractivity contribution in [1.29, 1.82) is 0 Å². The van der Waals surface area contributed by atoms with Crippen LogP contribution < -0.4 is 9.47 Å². The first-order valence-electron chi connectivity index (χ1n) is 8.68. The second-order valence-corrected chi connectivity index (χ2v) is 5.94. The van der Waals surface area contributed by atoms with E-state index in [4.69, 9.17) is 9.47 Å². The van der Waals surface area contributed by atoms with Crippen LogP contribution in [0.2, 0.25) is 0 Å². The highest BCUT2D eigenvalue weighted by Gasteiger charge is 1.95.